The number of carbonyl (C=O) groups is 3. The Labute approximate surface area is 140 Å². The number of carbonyl (C=O) groups excluding carboxylic acids is 3. The average molecular weight is 338 g/mol. The van der Waals surface area contributed by atoms with Crippen LogP contribution in [-0.4, -0.2) is 48.0 Å². The molecule has 1 atom stereocenters. The van der Waals surface area contributed by atoms with Crippen molar-refractivity contribution < 1.29 is 28.3 Å². The highest BCUT2D eigenvalue weighted by Gasteiger charge is 2.29. The Hall–Kier alpha value is -2.48. The molecule has 0 aliphatic carbocycles. The van der Waals surface area contributed by atoms with Crippen LogP contribution in [0.1, 0.15) is 44.1 Å². The highest BCUT2D eigenvalue weighted by Crippen LogP contribution is 2.11. The summed E-state index contributed by atoms with van der Waals surface area (Å²) in [5.74, 6) is -2.50. The van der Waals surface area contributed by atoms with E-state index in [1.54, 1.807) is 27.7 Å². The number of Topliss-reactive ketones (excluding diaryl/α,β-unsaturated/α-hetero) is 1. The molecule has 1 amide bonds. The fraction of sp³-hybridized carbons (Fsp3) is 0.500. The molecule has 0 bridgehead atoms. The van der Waals surface area contributed by atoms with Crippen molar-refractivity contribution in [3.8, 4) is 0 Å². The molecule has 1 aromatic heterocycles. The van der Waals surface area contributed by atoms with Gasteiger partial charge >= 0.3 is 5.97 Å². The van der Waals surface area contributed by atoms with E-state index in [-0.39, 0.29) is 18.2 Å². The number of ketones is 1. The molecule has 0 saturated carbocycles. The van der Waals surface area contributed by atoms with Crippen molar-refractivity contribution in [2.75, 3.05) is 13.7 Å². The van der Waals surface area contributed by atoms with Crippen LogP contribution in [0, 0.1) is 0 Å². The minimum atomic E-state index is -1.11. The van der Waals surface area contributed by atoms with E-state index >= 15 is 0 Å². The molecule has 0 unspecified atom stereocenters. The summed E-state index contributed by atoms with van der Waals surface area (Å²) in [5.41, 5.74) is -0.185. The van der Waals surface area contributed by atoms with Gasteiger partial charge in [-0.1, -0.05) is 6.58 Å². The zero-order valence-corrected chi connectivity index (χ0v) is 14.5. The quantitative estimate of drug-likeness (QED) is 0.454. The van der Waals surface area contributed by atoms with Crippen molar-refractivity contribution in [1.29, 1.82) is 0 Å². The van der Waals surface area contributed by atoms with E-state index in [1.165, 1.54) is 7.11 Å². The Balaban J connectivity index is 2.80. The number of ether oxygens (including phenoxy) is 2. The average Bonchev–Trinajstić information content (AvgIpc) is 2.98. The zero-order valence-electron chi connectivity index (χ0n) is 14.5. The highest BCUT2D eigenvalue weighted by atomic mass is 16.5. The minimum absolute atomic E-state index is 0.134. The van der Waals surface area contributed by atoms with Gasteiger partial charge in [0.05, 0.1) is 19.3 Å². The third-order valence-corrected chi connectivity index (χ3v) is 2.78. The summed E-state index contributed by atoms with van der Waals surface area (Å²) < 4.78 is 15.1. The molecule has 1 rings (SSSR count). The Morgan fingerprint density at radius 2 is 2.00 bits per heavy atom. The Morgan fingerprint density at radius 3 is 2.46 bits per heavy atom. The maximum atomic E-state index is 12.1. The van der Waals surface area contributed by atoms with Crippen molar-refractivity contribution in [3.05, 3.63) is 24.4 Å². The van der Waals surface area contributed by atoms with E-state index in [1.807, 2.05) is 0 Å². The number of esters is 1. The summed E-state index contributed by atoms with van der Waals surface area (Å²) >= 11 is 0. The molecule has 0 radical (unpaired) electrons. The third-order valence-electron chi connectivity index (χ3n) is 2.78. The molecule has 0 fully saturated rings. The van der Waals surface area contributed by atoms with Crippen LogP contribution >= 0.6 is 0 Å². The first kappa shape index (κ1) is 19.6. The molecule has 0 aromatic carbocycles. The summed E-state index contributed by atoms with van der Waals surface area (Å²) in [5, 5.41) is 2.28. The van der Waals surface area contributed by atoms with Crippen LogP contribution in [0.15, 0.2) is 17.3 Å². The van der Waals surface area contributed by atoms with Gasteiger partial charge < -0.3 is 19.2 Å². The Bertz CT molecular complexity index is 641. The fourth-order valence-electron chi connectivity index (χ4n) is 1.56. The maximum Gasteiger partial charge on any atom is 0.330 e. The predicted molar refractivity (Wildman–Crippen MR) is 85.2 cm³/mol. The van der Waals surface area contributed by atoms with E-state index in [0.29, 0.717) is 5.57 Å². The summed E-state index contributed by atoms with van der Waals surface area (Å²) in [6.45, 7) is 10.5. The van der Waals surface area contributed by atoms with Gasteiger partial charge in [-0.25, -0.2) is 9.78 Å². The van der Waals surface area contributed by atoms with Crippen LogP contribution in [0.2, 0.25) is 0 Å². The number of allylic oxidation sites excluding steroid dienone is 1. The van der Waals surface area contributed by atoms with Crippen molar-refractivity contribution in [3.63, 3.8) is 0 Å². The molecule has 1 N–H and O–H groups in total. The van der Waals surface area contributed by atoms with E-state index in [9.17, 15) is 14.4 Å². The van der Waals surface area contributed by atoms with Gasteiger partial charge in [0.15, 0.2) is 11.7 Å². The summed E-state index contributed by atoms with van der Waals surface area (Å²) in [6.07, 6.45) is 1.06. The highest BCUT2D eigenvalue weighted by molar-refractivity contribution is 6.42. The van der Waals surface area contributed by atoms with Gasteiger partial charge in [-0.15, -0.1) is 0 Å². The number of hydrogen-bond acceptors (Lipinski definition) is 7. The minimum Gasteiger partial charge on any atom is -0.467 e. The standard InChI is InChI=1S/C16H22N2O6/c1-9(2)14-18-10(7-23-14)12(19)13(20)17-11(15(21)22-6)8-24-16(3,4)5/h7,11H,1,8H2,2-6H3,(H,17,20)/t11-/m0/s1. The first-order valence-electron chi connectivity index (χ1n) is 7.23. The number of nitrogens with zero attached hydrogens (tertiary/aromatic N) is 1. The van der Waals surface area contributed by atoms with Crippen molar-refractivity contribution in [2.24, 2.45) is 0 Å². The largest absolute Gasteiger partial charge is 0.467 e. The molecule has 0 aliphatic rings. The fourth-order valence-corrected chi connectivity index (χ4v) is 1.56. The monoisotopic (exact) mass is 338 g/mol. The van der Waals surface area contributed by atoms with Crippen molar-refractivity contribution in [2.45, 2.75) is 39.3 Å². The van der Waals surface area contributed by atoms with E-state index < -0.39 is 29.3 Å². The number of methoxy groups -OCH3 is 1. The lowest BCUT2D eigenvalue weighted by Crippen LogP contribution is -2.48. The van der Waals surface area contributed by atoms with Gasteiger partial charge in [0.1, 0.15) is 6.26 Å². The Kier molecular flexibility index (Phi) is 6.42. The molecule has 0 spiro atoms. The molecule has 0 saturated heterocycles. The molecule has 24 heavy (non-hydrogen) atoms. The lowest BCUT2D eigenvalue weighted by atomic mass is 10.2. The van der Waals surface area contributed by atoms with Gasteiger partial charge in [-0.2, -0.15) is 0 Å². The van der Waals surface area contributed by atoms with Crippen LogP contribution in [-0.2, 0) is 19.1 Å². The van der Waals surface area contributed by atoms with Crippen LogP contribution < -0.4 is 5.32 Å². The molecule has 0 aliphatic heterocycles. The van der Waals surface area contributed by atoms with Crippen LogP contribution in [0.5, 0.6) is 0 Å². The number of aromatic nitrogens is 1. The second-order valence-corrected chi connectivity index (χ2v) is 6.12. The zero-order chi connectivity index (χ0) is 18.5. The number of rotatable bonds is 7. The number of oxazole rings is 1. The van der Waals surface area contributed by atoms with Crippen LogP contribution in [0.4, 0.5) is 0 Å². The summed E-state index contributed by atoms with van der Waals surface area (Å²) in [4.78, 5) is 39.7. The molecular formula is C16H22N2O6. The van der Waals surface area contributed by atoms with E-state index in [4.69, 9.17) is 9.15 Å². The normalized spacial score (nSPS) is 12.4. The van der Waals surface area contributed by atoms with E-state index in [0.717, 1.165) is 6.26 Å². The van der Waals surface area contributed by atoms with Gasteiger partial charge in [0.2, 0.25) is 5.89 Å². The Morgan fingerprint density at radius 1 is 1.38 bits per heavy atom. The summed E-state index contributed by atoms with van der Waals surface area (Å²) in [7, 11) is 1.18. The predicted octanol–water partition coefficient (Wildman–Crippen LogP) is 1.36. The second-order valence-electron chi connectivity index (χ2n) is 6.12. The lowest BCUT2D eigenvalue weighted by Gasteiger charge is -2.23. The van der Waals surface area contributed by atoms with Crippen molar-refractivity contribution >= 4 is 23.2 Å². The number of amides is 1. The van der Waals surface area contributed by atoms with Crippen LogP contribution in [0.3, 0.4) is 0 Å². The lowest BCUT2D eigenvalue weighted by molar-refractivity contribution is -0.148. The molecule has 8 nitrogen and oxygen atoms in total. The molecule has 132 valence electrons. The third kappa shape index (κ3) is 5.62. The topological polar surface area (TPSA) is 108 Å². The maximum absolute atomic E-state index is 12.1. The van der Waals surface area contributed by atoms with Crippen LogP contribution in [0.25, 0.3) is 5.57 Å². The molecule has 1 heterocycles. The molecular weight excluding hydrogens is 316 g/mol. The van der Waals surface area contributed by atoms with Gasteiger partial charge in [-0.05, 0) is 27.7 Å². The smallest absolute Gasteiger partial charge is 0.330 e. The van der Waals surface area contributed by atoms with Gasteiger partial charge in [-0.3, -0.25) is 9.59 Å². The van der Waals surface area contributed by atoms with Crippen molar-refractivity contribution in [1.82, 2.24) is 10.3 Å². The van der Waals surface area contributed by atoms with Gasteiger partial charge in [0, 0.05) is 5.57 Å². The number of hydrogen-bond donors (Lipinski definition) is 1. The SMILES string of the molecule is C=C(C)c1nc(C(=O)C(=O)N[C@@H](COC(C)(C)C)C(=O)OC)co1. The van der Waals surface area contributed by atoms with Gasteiger partial charge in [0.25, 0.3) is 11.7 Å². The van der Waals surface area contributed by atoms with E-state index in [2.05, 4.69) is 21.6 Å². The number of nitrogens with one attached hydrogen (secondary N) is 1. The molecule has 1 aromatic rings. The first-order chi connectivity index (χ1) is 11.0. The molecule has 8 heteroatoms. The second kappa shape index (κ2) is 7.87. The summed E-state index contributed by atoms with van der Waals surface area (Å²) in [6, 6.07) is -1.11. The first-order valence-corrected chi connectivity index (χ1v) is 7.23.